The Balaban J connectivity index is 0.00000212. The Labute approximate surface area is 288 Å². The molecule has 0 amide bonds. The predicted molar refractivity (Wildman–Crippen MR) is 186 cm³/mol. The Morgan fingerprint density at radius 1 is 0.900 bits per heavy atom. The van der Waals surface area contributed by atoms with Gasteiger partial charge in [0.25, 0.3) is 10.0 Å². The van der Waals surface area contributed by atoms with Crippen molar-refractivity contribution in [3.05, 3.63) is 102 Å². The van der Waals surface area contributed by atoms with Crippen LogP contribution in [-0.2, 0) is 16.2 Å². The highest BCUT2D eigenvalue weighted by Crippen LogP contribution is 2.40. The van der Waals surface area contributed by atoms with Gasteiger partial charge in [-0.2, -0.15) is 13.2 Å². The third kappa shape index (κ3) is 6.54. The average Bonchev–Trinajstić information content (AvgIpc) is 3.77. The number of halogens is 3. The number of imidazole rings is 1. The van der Waals surface area contributed by atoms with Crippen LogP contribution in [-0.4, -0.2) is 57.5 Å². The van der Waals surface area contributed by atoms with Crippen LogP contribution in [0.1, 0.15) is 49.7 Å². The number of aromatic amines is 1. The van der Waals surface area contributed by atoms with E-state index in [2.05, 4.69) is 24.9 Å². The second-order valence-corrected chi connectivity index (χ2v) is 13.4. The van der Waals surface area contributed by atoms with Crippen molar-refractivity contribution in [1.29, 1.82) is 0 Å². The first-order chi connectivity index (χ1) is 24.0. The normalized spacial score (nSPS) is 14.0. The number of piperidine rings is 1. The molecule has 1 aliphatic rings. The number of alkyl halides is 3. The summed E-state index contributed by atoms with van der Waals surface area (Å²) in [6, 6.07) is 20.0. The van der Waals surface area contributed by atoms with Crippen molar-refractivity contribution in [2.24, 2.45) is 0 Å². The maximum absolute atomic E-state index is 14.1. The summed E-state index contributed by atoms with van der Waals surface area (Å²) in [5, 5.41) is 0.514. The highest BCUT2D eigenvalue weighted by Gasteiger charge is 2.39. The molecule has 1 saturated heterocycles. The molecule has 0 bridgehead atoms. The Bertz CT molecular complexity index is 2210. The van der Waals surface area contributed by atoms with Crippen LogP contribution >= 0.6 is 0 Å². The maximum Gasteiger partial charge on any atom is 0.433 e. The van der Waals surface area contributed by atoms with Crippen molar-refractivity contribution in [2.45, 2.75) is 50.6 Å². The van der Waals surface area contributed by atoms with Crippen LogP contribution < -0.4 is 9.64 Å². The number of nitrogens with zero attached hydrogens (tertiary/aromatic N) is 6. The fraction of sp³-hybridized carbons (Fsp3) is 0.278. The van der Waals surface area contributed by atoms with Crippen LogP contribution in [0.15, 0.2) is 90.2 Å². The Morgan fingerprint density at radius 2 is 1.60 bits per heavy atom. The first-order valence-electron chi connectivity index (χ1n) is 16.2. The van der Waals surface area contributed by atoms with Crippen molar-refractivity contribution in [1.82, 2.24) is 28.9 Å². The lowest BCUT2D eigenvalue weighted by atomic mass is 9.96. The van der Waals surface area contributed by atoms with Gasteiger partial charge in [-0.1, -0.05) is 61.9 Å². The van der Waals surface area contributed by atoms with Crippen LogP contribution in [0, 0.1) is 6.92 Å². The number of aryl methyl sites for hydroxylation is 1. The lowest BCUT2D eigenvalue weighted by Crippen LogP contribution is -2.34. The second kappa shape index (κ2) is 13.9. The van der Waals surface area contributed by atoms with Crippen LogP contribution in [0.5, 0.6) is 5.88 Å². The summed E-state index contributed by atoms with van der Waals surface area (Å²) in [4.78, 5) is 22.3. The topological polar surface area (TPSA) is 119 Å². The first-order valence-corrected chi connectivity index (χ1v) is 17.6. The van der Waals surface area contributed by atoms with Crippen LogP contribution in [0.3, 0.4) is 0 Å². The summed E-state index contributed by atoms with van der Waals surface area (Å²) >= 11 is 0. The van der Waals surface area contributed by atoms with E-state index in [-0.39, 0.29) is 22.2 Å². The average molecular weight is 704 g/mol. The standard InChI is InChI=1S/C34H30F3N7O3S.C2H6/c1-21-8-10-22(11-9-21)29-30(34(35,36)37)42-31(41-29)23-13-16-43(17-14-23)32-26-19-27(24-12-15-38-28(18-24)47-2)44(33(26)40-20-39-32)48(45,46)25-6-4-3-5-7-25;1-2/h3-12,15,18-20,23H,13-14,16-17H2,1-2H3,(H,41,42);1-2H3. The molecule has 14 heteroatoms. The molecule has 0 spiro atoms. The second-order valence-electron chi connectivity index (χ2n) is 11.6. The number of fused-ring (bicyclic) bond motifs is 1. The number of methoxy groups -OCH3 is 1. The van der Waals surface area contributed by atoms with Gasteiger partial charge in [0.2, 0.25) is 5.88 Å². The van der Waals surface area contributed by atoms with E-state index in [1.807, 2.05) is 25.7 Å². The molecule has 0 saturated carbocycles. The van der Waals surface area contributed by atoms with Gasteiger partial charge in [0.05, 0.1) is 23.1 Å². The van der Waals surface area contributed by atoms with E-state index in [9.17, 15) is 21.6 Å². The molecule has 0 radical (unpaired) electrons. The quantitative estimate of drug-likeness (QED) is 0.179. The van der Waals surface area contributed by atoms with Crippen LogP contribution in [0.2, 0.25) is 0 Å². The third-order valence-corrected chi connectivity index (χ3v) is 10.3. The maximum atomic E-state index is 14.1. The number of hydrogen-bond donors (Lipinski definition) is 1. The van der Waals surface area contributed by atoms with Gasteiger partial charge in [0, 0.05) is 42.4 Å². The summed E-state index contributed by atoms with van der Waals surface area (Å²) in [7, 11) is -2.63. The van der Waals surface area contributed by atoms with Crippen molar-refractivity contribution < 1.29 is 26.3 Å². The molecule has 1 aliphatic heterocycles. The van der Waals surface area contributed by atoms with Gasteiger partial charge in [-0.3, -0.25) is 0 Å². The summed E-state index contributed by atoms with van der Waals surface area (Å²) in [5.74, 6) is 0.881. The zero-order chi connectivity index (χ0) is 35.6. The number of ether oxygens (including phenoxy) is 1. The Morgan fingerprint density at radius 3 is 2.26 bits per heavy atom. The molecule has 6 aromatic rings. The van der Waals surface area contributed by atoms with Gasteiger partial charge in [0.15, 0.2) is 5.65 Å². The number of aromatic nitrogens is 6. The van der Waals surface area contributed by atoms with E-state index in [0.717, 1.165) is 5.56 Å². The Kier molecular flexibility index (Phi) is 9.65. The number of H-pyrrole nitrogens is 1. The fourth-order valence-corrected chi connectivity index (χ4v) is 7.63. The molecule has 2 aromatic carbocycles. The molecule has 1 fully saturated rings. The number of nitrogens with one attached hydrogen (secondary N) is 1. The molecule has 4 aromatic heterocycles. The monoisotopic (exact) mass is 703 g/mol. The molecule has 0 atom stereocenters. The molecular formula is C36H36F3N7O3S. The van der Waals surface area contributed by atoms with E-state index < -0.39 is 21.9 Å². The van der Waals surface area contributed by atoms with E-state index in [4.69, 9.17) is 4.74 Å². The minimum atomic E-state index is -4.59. The number of pyridine rings is 1. The van der Waals surface area contributed by atoms with Crippen LogP contribution in [0.4, 0.5) is 19.0 Å². The van der Waals surface area contributed by atoms with E-state index in [1.54, 1.807) is 60.7 Å². The number of hydrogen-bond acceptors (Lipinski definition) is 8. The van der Waals surface area contributed by atoms with Gasteiger partial charge in [-0.05, 0) is 44.0 Å². The summed E-state index contributed by atoms with van der Waals surface area (Å²) in [6.07, 6.45) is -0.732. The summed E-state index contributed by atoms with van der Waals surface area (Å²) in [5.41, 5.74) is 1.46. The van der Waals surface area contributed by atoms with Crippen LogP contribution in [0.25, 0.3) is 33.5 Å². The molecule has 0 aliphatic carbocycles. The number of anilines is 1. The molecule has 10 nitrogen and oxygen atoms in total. The van der Waals surface area contributed by atoms with E-state index in [1.165, 1.54) is 35.7 Å². The fourth-order valence-electron chi connectivity index (χ4n) is 6.13. The van der Waals surface area contributed by atoms with Gasteiger partial charge in [0.1, 0.15) is 29.4 Å². The van der Waals surface area contributed by atoms with Crippen molar-refractivity contribution in [3.8, 4) is 28.4 Å². The van der Waals surface area contributed by atoms with Gasteiger partial charge >= 0.3 is 6.18 Å². The smallest absolute Gasteiger partial charge is 0.433 e. The van der Waals surface area contributed by atoms with Gasteiger partial charge < -0.3 is 14.6 Å². The molecule has 0 unspecified atom stereocenters. The third-order valence-electron chi connectivity index (χ3n) is 8.57. The molecule has 260 valence electrons. The molecular weight excluding hydrogens is 668 g/mol. The zero-order valence-corrected chi connectivity index (χ0v) is 28.8. The minimum Gasteiger partial charge on any atom is -0.481 e. The predicted octanol–water partition coefficient (Wildman–Crippen LogP) is 7.87. The highest BCUT2D eigenvalue weighted by atomic mass is 32.2. The Hall–Kier alpha value is -5.24. The van der Waals surface area contributed by atoms with Crippen molar-refractivity contribution in [3.63, 3.8) is 0 Å². The van der Waals surface area contributed by atoms with Crippen molar-refractivity contribution >= 4 is 26.9 Å². The largest absolute Gasteiger partial charge is 0.481 e. The van der Waals surface area contributed by atoms with E-state index >= 15 is 0 Å². The molecule has 5 heterocycles. The van der Waals surface area contributed by atoms with E-state index in [0.29, 0.717) is 65.7 Å². The number of rotatable bonds is 7. The SMILES string of the molecule is CC.COc1cc(-c2cc3c(N4CCC(c5nc(-c6ccc(C)cc6)c(C(F)(F)F)[nH]5)CC4)ncnc3n2S(=O)(=O)c2ccccc2)ccn1. The summed E-state index contributed by atoms with van der Waals surface area (Å²) in [6.45, 7) is 6.78. The zero-order valence-electron chi connectivity index (χ0n) is 27.9. The molecule has 1 N–H and O–H groups in total. The minimum absolute atomic E-state index is 0.0902. The lowest BCUT2D eigenvalue weighted by Gasteiger charge is -2.32. The van der Waals surface area contributed by atoms with Crippen molar-refractivity contribution in [2.75, 3.05) is 25.1 Å². The highest BCUT2D eigenvalue weighted by molar-refractivity contribution is 7.90. The summed E-state index contributed by atoms with van der Waals surface area (Å²) < 4.78 is 77.0. The van der Waals surface area contributed by atoms with Gasteiger partial charge in [-0.25, -0.2) is 32.3 Å². The lowest BCUT2D eigenvalue weighted by molar-refractivity contribution is -0.140. The molecule has 50 heavy (non-hydrogen) atoms. The van der Waals surface area contributed by atoms with Gasteiger partial charge in [-0.15, -0.1) is 0 Å². The first kappa shape index (κ1) is 34.6. The molecule has 7 rings (SSSR count). The number of benzene rings is 2.